The lowest BCUT2D eigenvalue weighted by atomic mass is 9.84. The molecular weight excluding hydrogens is 512 g/mol. The van der Waals surface area contributed by atoms with Gasteiger partial charge in [-0.05, 0) is 69.0 Å². The van der Waals surface area contributed by atoms with E-state index in [0.29, 0.717) is 23.8 Å². The SMILES string of the molecule is Cc1ccc(COc2c(Br)cc([C@@H]3C(C#N)=C(N)Oc4n[nH]c(C)c43)cc2Br)cc1. The molecule has 0 unspecified atom stereocenters. The number of hydrogen-bond acceptors (Lipinski definition) is 5. The first kappa shape index (κ1) is 20.5. The van der Waals surface area contributed by atoms with Crippen molar-refractivity contribution in [3.05, 3.63) is 84.7 Å². The number of aryl methyl sites for hydroxylation is 2. The highest BCUT2D eigenvalue weighted by Crippen LogP contribution is 2.46. The van der Waals surface area contributed by atoms with Crippen molar-refractivity contribution < 1.29 is 9.47 Å². The van der Waals surface area contributed by atoms with Gasteiger partial charge in [0.25, 0.3) is 0 Å². The molecule has 0 aliphatic carbocycles. The minimum absolute atomic E-state index is 0.0634. The lowest BCUT2D eigenvalue weighted by Gasteiger charge is -2.24. The van der Waals surface area contributed by atoms with Crippen LogP contribution >= 0.6 is 31.9 Å². The number of fused-ring (bicyclic) bond motifs is 1. The zero-order chi connectivity index (χ0) is 21.4. The zero-order valence-electron chi connectivity index (χ0n) is 16.3. The standard InChI is InChI=1S/C22H18Br2N4O2/c1-11-3-5-13(6-4-11)10-29-20-16(23)7-14(8-17(20)24)19-15(9-25)21(26)30-22-18(19)12(2)27-28-22/h3-8,19H,10,26H2,1-2H3,(H,27,28)/t19-/m1/s1. The molecule has 0 radical (unpaired) electrons. The summed E-state index contributed by atoms with van der Waals surface area (Å²) in [6, 6.07) is 14.3. The summed E-state index contributed by atoms with van der Waals surface area (Å²) in [5.74, 6) is 0.747. The van der Waals surface area contributed by atoms with Crippen LogP contribution in [0, 0.1) is 25.2 Å². The number of nitrogens with zero attached hydrogens (tertiary/aromatic N) is 2. The largest absolute Gasteiger partial charge is 0.487 e. The van der Waals surface area contributed by atoms with Gasteiger partial charge in [0.15, 0.2) is 0 Å². The third kappa shape index (κ3) is 3.71. The van der Waals surface area contributed by atoms with Gasteiger partial charge in [0.05, 0.1) is 14.9 Å². The number of H-pyrrole nitrogens is 1. The number of nitriles is 1. The number of ether oxygens (including phenoxy) is 2. The first-order valence-electron chi connectivity index (χ1n) is 9.18. The highest BCUT2D eigenvalue weighted by molar-refractivity contribution is 9.11. The van der Waals surface area contributed by atoms with Crippen LogP contribution in [0.3, 0.4) is 0 Å². The zero-order valence-corrected chi connectivity index (χ0v) is 19.5. The smallest absolute Gasteiger partial charge is 0.244 e. The van der Waals surface area contributed by atoms with Crippen LogP contribution in [0.2, 0.25) is 0 Å². The summed E-state index contributed by atoms with van der Waals surface area (Å²) in [5, 5.41) is 16.8. The molecule has 0 spiro atoms. The lowest BCUT2D eigenvalue weighted by Crippen LogP contribution is -2.21. The average Bonchev–Trinajstić information content (AvgIpc) is 3.07. The molecule has 3 N–H and O–H groups in total. The molecular formula is C22H18Br2N4O2. The lowest BCUT2D eigenvalue weighted by molar-refractivity contribution is 0.302. The number of rotatable bonds is 4. The Labute approximate surface area is 190 Å². The van der Waals surface area contributed by atoms with Crippen LogP contribution in [-0.4, -0.2) is 10.2 Å². The van der Waals surface area contributed by atoms with E-state index >= 15 is 0 Å². The molecule has 0 bridgehead atoms. The highest BCUT2D eigenvalue weighted by atomic mass is 79.9. The summed E-state index contributed by atoms with van der Waals surface area (Å²) in [7, 11) is 0. The predicted octanol–water partition coefficient (Wildman–Crippen LogP) is 5.35. The van der Waals surface area contributed by atoms with Gasteiger partial charge in [-0.15, -0.1) is 5.10 Å². The summed E-state index contributed by atoms with van der Waals surface area (Å²) in [6.45, 7) is 4.38. The van der Waals surface area contributed by atoms with Crippen molar-refractivity contribution in [3.8, 4) is 17.7 Å². The molecule has 0 amide bonds. The Morgan fingerprint density at radius 3 is 2.50 bits per heavy atom. The average molecular weight is 530 g/mol. The molecule has 0 fully saturated rings. The Morgan fingerprint density at radius 2 is 1.87 bits per heavy atom. The second kappa shape index (κ2) is 8.17. The van der Waals surface area contributed by atoms with Crippen LogP contribution in [0.5, 0.6) is 11.6 Å². The van der Waals surface area contributed by atoms with Gasteiger partial charge in [-0.1, -0.05) is 29.8 Å². The van der Waals surface area contributed by atoms with Gasteiger partial charge < -0.3 is 15.2 Å². The molecule has 8 heteroatoms. The topological polar surface area (TPSA) is 96.9 Å². The van der Waals surface area contributed by atoms with E-state index in [9.17, 15) is 5.26 Å². The first-order chi connectivity index (χ1) is 14.4. The van der Waals surface area contributed by atoms with Crippen LogP contribution < -0.4 is 15.2 Å². The summed E-state index contributed by atoms with van der Waals surface area (Å²) >= 11 is 7.23. The molecule has 1 aromatic heterocycles. The molecule has 4 rings (SSSR count). The Morgan fingerprint density at radius 1 is 1.20 bits per heavy atom. The third-order valence-corrected chi connectivity index (χ3v) is 6.17. The molecule has 0 saturated carbocycles. The Bertz CT molecular complexity index is 1170. The van der Waals surface area contributed by atoms with Crippen molar-refractivity contribution in [1.82, 2.24) is 10.2 Å². The van der Waals surface area contributed by atoms with Gasteiger partial charge in [0, 0.05) is 11.3 Å². The number of benzene rings is 2. The van der Waals surface area contributed by atoms with Crippen LogP contribution in [-0.2, 0) is 6.61 Å². The van der Waals surface area contributed by atoms with Crippen molar-refractivity contribution >= 4 is 31.9 Å². The van der Waals surface area contributed by atoms with Crippen LogP contribution in [0.25, 0.3) is 0 Å². The quantitative estimate of drug-likeness (QED) is 0.475. The molecule has 30 heavy (non-hydrogen) atoms. The van der Waals surface area contributed by atoms with Crippen molar-refractivity contribution in [2.75, 3.05) is 0 Å². The summed E-state index contributed by atoms with van der Waals surface area (Å²) in [4.78, 5) is 0. The van der Waals surface area contributed by atoms with Gasteiger partial charge in [-0.3, -0.25) is 5.10 Å². The number of nitrogens with two attached hydrogens (primary N) is 1. The number of halogens is 2. The second-order valence-electron chi connectivity index (χ2n) is 7.08. The Balaban J connectivity index is 1.70. The molecule has 152 valence electrons. The predicted molar refractivity (Wildman–Crippen MR) is 120 cm³/mol. The van der Waals surface area contributed by atoms with E-state index in [1.165, 1.54) is 5.56 Å². The van der Waals surface area contributed by atoms with Gasteiger partial charge in [-0.2, -0.15) is 5.26 Å². The van der Waals surface area contributed by atoms with Gasteiger partial charge >= 0.3 is 0 Å². The summed E-state index contributed by atoms with van der Waals surface area (Å²) in [6.07, 6.45) is 0. The van der Waals surface area contributed by atoms with Crippen molar-refractivity contribution in [1.29, 1.82) is 5.26 Å². The van der Waals surface area contributed by atoms with E-state index in [0.717, 1.165) is 31.3 Å². The van der Waals surface area contributed by atoms with E-state index in [2.05, 4.69) is 67.2 Å². The molecule has 0 saturated heterocycles. The maximum absolute atomic E-state index is 9.72. The third-order valence-electron chi connectivity index (χ3n) is 4.99. The fraction of sp³-hybridized carbons (Fsp3) is 0.182. The van der Waals surface area contributed by atoms with E-state index in [1.54, 1.807) is 0 Å². The Kier molecular flexibility index (Phi) is 5.58. The molecule has 2 heterocycles. The fourth-order valence-corrected chi connectivity index (χ4v) is 4.91. The van der Waals surface area contributed by atoms with E-state index in [-0.39, 0.29) is 5.88 Å². The maximum Gasteiger partial charge on any atom is 0.244 e. The second-order valence-corrected chi connectivity index (χ2v) is 8.79. The van der Waals surface area contributed by atoms with E-state index < -0.39 is 5.92 Å². The minimum atomic E-state index is -0.392. The van der Waals surface area contributed by atoms with Crippen molar-refractivity contribution in [2.45, 2.75) is 26.4 Å². The number of aromatic amines is 1. The normalized spacial score (nSPS) is 15.4. The number of nitrogens with one attached hydrogen (secondary N) is 1. The molecule has 1 atom stereocenters. The molecule has 1 aliphatic heterocycles. The van der Waals surface area contributed by atoms with Gasteiger partial charge in [-0.25, -0.2) is 0 Å². The van der Waals surface area contributed by atoms with Crippen LogP contribution in [0.15, 0.2) is 56.8 Å². The highest BCUT2D eigenvalue weighted by Gasteiger charge is 2.34. The fourth-order valence-electron chi connectivity index (χ4n) is 3.46. The van der Waals surface area contributed by atoms with Gasteiger partial charge in [0.1, 0.15) is 24.0 Å². The van der Waals surface area contributed by atoms with Crippen molar-refractivity contribution in [2.24, 2.45) is 5.73 Å². The summed E-state index contributed by atoms with van der Waals surface area (Å²) < 4.78 is 13.1. The van der Waals surface area contributed by atoms with Crippen LogP contribution in [0.4, 0.5) is 0 Å². The first-order valence-corrected chi connectivity index (χ1v) is 10.8. The van der Waals surface area contributed by atoms with Crippen molar-refractivity contribution in [3.63, 3.8) is 0 Å². The van der Waals surface area contributed by atoms with E-state index in [4.69, 9.17) is 15.2 Å². The number of allylic oxidation sites excluding steroid dienone is 1. The monoisotopic (exact) mass is 528 g/mol. The van der Waals surface area contributed by atoms with Crippen LogP contribution in [0.1, 0.15) is 33.9 Å². The minimum Gasteiger partial charge on any atom is -0.487 e. The van der Waals surface area contributed by atoms with E-state index in [1.807, 2.05) is 31.2 Å². The molecule has 3 aromatic rings. The number of hydrogen-bond donors (Lipinski definition) is 2. The maximum atomic E-state index is 9.72. The molecule has 6 nitrogen and oxygen atoms in total. The molecule has 1 aliphatic rings. The van der Waals surface area contributed by atoms with Gasteiger partial charge in [0.2, 0.25) is 11.8 Å². The molecule has 2 aromatic carbocycles. The number of aromatic nitrogens is 2. The summed E-state index contributed by atoms with van der Waals surface area (Å²) in [5.41, 5.74) is 11.1. The Hall–Kier alpha value is -2.76.